The van der Waals surface area contributed by atoms with Crippen LogP contribution in [0.2, 0.25) is 0 Å². The summed E-state index contributed by atoms with van der Waals surface area (Å²) in [5.74, 6) is -1.22. The van der Waals surface area contributed by atoms with Crippen molar-refractivity contribution in [3.63, 3.8) is 0 Å². The maximum Gasteiger partial charge on any atom is 0.275 e. The summed E-state index contributed by atoms with van der Waals surface area (Å²) in [5.41, 5.74) is 0.349. The van der Waals surface area contributed by atoms with Crippen LogP contribution in [0, 0.1) is 12.7 Å². The summed E-state index contributed by atoms with van der Waals surface area (Å²) in [5, 5.41) is 11.7. The third-order valence-corrected chi connectivity index (χ3v) is 5.28. The molecule has 156 valence electrons. The van der Waals surface area contributed by atoms with Gasteiger partial charge in [0.15, 0.2) is 5.69 Å². The minimum absolute atomic E-state index is 0.00663. The van der Waals surface area contributed by atoms with Gasteiger partial charge < -0.3 is 5.32 Å². The van der Waals surface area contributed by atoms with Crippen LogP contribution in [0.4, 0.5) is 4.39 Å². The Morgan fingerprint density at radius 2 is 1.83 bits per heavy atom. The molecule has 3 aromatic rings. The molecule has 0 aliphatic heterocycles. The van der Waals surface area contributed by atoms with Gasteiger partial charge in [0.1, 0.15) is 11.5 Å². The van der Waals surface area contributed by atoms with Gasteiger partial charge in [-0.15, -0.1) is 0 Å². The number of para-hydroxylation sites is 1. The lowest BCUT2D eigenvalue weighted by molar-refractivity contribution is 0.0946. The minimum Gasteiger partial charge on any atom is -0.350 e. The fraction of sp³-hybridized carbons (Fsp3) is 0.150. The SMILES string of the molecule is Cc1cc(=O)c(C(=O)NCCc2ccc(S(N)(=O)=O)cc2)nn1-c1ccccc1F. The molecule has 0 atom stereocenters. The van der Waals surface area contributed by atoms with Gasteiger partial charge in [0, 0.05) is 18.3 Å². The predicted octanol–water partition coefficient (Wildman–Crippen LogP) is 1.30. The van der Waals surface area contributed by atoms with Crippen LogP contribution in [0.5, 0.6) is 0 Å². The lowest BCUT2D eigenvalue weighted by Crippen LogP contribution is -2.33. The zero-order valence-electron chi connectivity index (χ0n) is 16.0. The van der Waals surface area contributed by atoms with Gasteiger partial charge in [-0.1, -0.05) is 24.3 Å². The van der Waals surface area contributed by atoms with E-state index in [1.807, 2.05) is 0 Å². The first-order chi connectivity index (χ1) is 14.2. The Labute approximate surface area is 172 Å². The maximum absolute atomic E-state index is 14.1. The minimum atomic E-state index is -3.77. The summed E-state index contributed by atoms with van der Waals surface area (Å²) in [6.45, 7) is 1.77. The number of sulfonamides is 1. The molecule has 30 heavy (non-hydrogen) atoms. The number of carbonyl (C=O) groups excluding carboxylic acids is 1. The highest BCUT2D eigenvalue weighted by Crippen LogP contribution is 2.13. The van der Waals surface area contributed by atoms with E-state index in [1.54, 1.807) is 25.1 Å². The summed E-state index contributed by atoms with van der Waals surface area (Å²) >= 11 is 0. The van der Waals surface area contributed by atoms with Gasteiger partial charge in [0.25, 0.3) is 5.91 Å². The first-order valence-electron chi connectivity index (χ1n) is 8.92. The van der Waals surface area contributed by atoms with Crippen molar-refractivity contribution in [3.8, 4) is 5.69 Å². The molecule has 0 aliphatic rings. The largest absolute Gasteiger partial charge is 0.350 e. The summed E-state index contributed by atoms with van der Waals surface area (Å²) in [6, 6.07) is 13.0. The number of hydrogen-bond donors (Lipinski definition) is 2. The summed E-state index contributed by atoms with van der Waals surface area (Å²) < 4.78 is 37.8. The average Bonchev–Trinajstić information content (AvgIpc) is 2.68. The molecular formula is C20H19FN4O4S. The van der Waals surface area contributed by atoms with Gasteiger partial charge in [-0.05, 0) is 43.2 Å². The average molecular weight is 430 g/mol. The Bertz CT molecular complexity index is 1250. The Kier molecular flexibility index (Phi) is 6.09. The molecule has 3 rings (SSSR count). The van der Waals surface area contributed by atoms with E-state index in [4.69, 9.17) is 5.14 Å². The van der Waals surface area contributed by atoms with E-state index in [1.165, 1.54) is 41.1 Å². The molecule has 0 saturated carbocycles. The quantitative estimate of drug-likeness (QED) is 0.610. The summed E-state index contributed by atoms with van der Waals surface area (Å²) in [4.78, 5) is 24.7. The first-order valence-corrected chi connectivity index (χ1v) is 10.5. The lowest BCUT2D eigenvalue weighted by Gasteiger charge is -2.12. The van der Waals surface area contributed by atoms with Crippen LogP contribution in [0.3, 0.4) is 0 Å². The zero-order chi connectivity index (χ0) is 21.9. The number of aromatic nitrogens is 2. The molecule has 1 aromatic heterocycles. The van der Waals surface area contributed by atoms with Crippen molar-refractivity contribution in [2.24, 2.45) is 5.14 Å². The number of amides is 1. The van der Waals surface area contributed by atoms with Crippen LogP contribution in [0.1, 0.15) is 21.7 Å². The number of nitrogens with zero attached hydrogens (tertiary/aromatic N) is 2. The Balaban J connectivity index is 1.73. The topological polar surface area (TPSA) is 124 Å². The fourth-order valence-corrected chi connectivity index (χ4v) is 3.34. The molecule has 1 amide bonds. The number of nitrogens with one attached hydrogen (secondary N) is 1. The second-order valence-electron chi connectivity index (χ2n) is 6.56. The van der Waals surface area contributed by atoms with Gasteiger partial charge in [0.2, 0.25) is 15.5 Å². The fourth-order valence-electron chi connectivity index (χ4n) is 2.82. The van der Waals surface area contributed by atoms with Crippen LogP contribution < -0.4 is 15.9 Å². The molecule has 8 nitrogen and oxygen atoms in total. The molecular weight excluding hydrogens is 411 g/mol. The second kappa shape index (κ2) is 8.56. The highest BCUT2D eigenvalue weighted by molar-refractivity contribution is 7.89. The molecule has 0 unspecified atom stereocenters. The van der Waals surface area contributed by atoms with Crippen molar-refractivity contribution in [2.45, 2.75) is 18.2 Å². The van der Waals surface area contributed by atoms with Crippen LogP contribution in [0.25, 0.3) is 5.69 Å². The molecule has 0 saturated heterocycles. The molecule has 1 heterocycles. The number of rotatable bonds is 6. The summed E-state index contributed by atoms with van der Waals surface area (Å²) in [6.07, 6.45) is 0.393. The van der Waals surface area contributed by atoms with Crippen molar-refractivity contribution in [2.75, 3.05) is 6.54 Å². The number of benzene rings is 2. The van der Waals surface area contributed by atoms with Gasteiger partial charge in [0.05, 0.1) is 4.90 Å². The van der Waals surface area contributed by atoms with Crippen LogP contribution >= 0.6 is 0 Å². The van der Waals surface area contributed by atoms with Crippen LogP contribution in [-0.4, -0.2) is 30.7 Å². The molecule has 10 heteroatoms. The molecule has 0 spiro atoms. The van der Waals surface area contributed by atoms with E-state index in [2.05, 4.69) is 10.4 Å². The predicted molar refractivity (Wildman–Crippen MR) is 108 cm³/mol. The van der Waals surface area contributed by atoms with Gasteiger partial charge in [-0.25, -0.2) is 22.6 Å². The zero-order valence-corrected chi connectivity index (χ0v) is 16.8. The Morgan fingerprint density at radius 3 is 2.47 bits per heavy atom. The molecule has 0 fully saturated rings. The maximum atomic E-state index is 14.1. The van der Waals surface area contributed by atoms with Crippen LogP contribution in [0.15, 0.2) is 64.3 Å². The summed E-state index contributed by atoms with van der Waals surface area (Å²) in [7, 11) is -3.77. The second-order valence-corrected chi connectivity index (χ2v) is 8.12. The van der Waals surface area contributed by atoms with Gasteiger partial charge in [-0.2, -0.15) is 5.10 Å². The lowest BCUT2D eigenvalue weighted by atomic mass is 10.1. The Hall–Kier alpha value is -3.37. The van der Waals surface area contributed by atoms with Crippen LogP contribution in [-0.2, 0) is 16.4 Å². The molecule has 0 bridgehead atoms. The number of halogens is 1. The van der Waals surface area contributed by atoms with E-state index < -0.39 is 27.2 Å². The number of primary sulfonamides is 1. The standard InChI is InChI=1S/C20H19FN4O4S/c1-13-12-18(26)19(24-25(13)17-5-3-2-4-16(17)21)20(27)23-11-10-14-6-8-15(9-7-14)30(22,28)29/h2-9,12H,10-11H2,1H3,(H,23,27)(H2,22,28,29). The van der Waals surface area contributed by atoms with E-state index in [9.17, 15) is 22.4 Å². The van der Waals surface area contributed by atoms with E-state index in [0.717, 1.165) is 5.56 Å². The highest BCUT2D eigenvalue weighted by atomic mass is 32.2. The van der Waals surface area contributed by atoms with Gasteiger partial charge in [-0.3, -0.25) is 9.59 Å². The molecule has 2 aromatic carbocycles. The van der Waals surface area contributed by atoms with Crippen molar-refractivity contribution in [1.82, 2.24) is 15.1 Å². The first kappa shape index (κ1) is 21.3. The molecule has 3 N–H and O–H groups in total. The monoisotopic (exact) mass is 430 g/mol. The highest BCUT2D eigenvalue weighted by Gasteiger charge is 2.16. The third-order valence-electron chi connectivity index (χ3n) is 4.35. The van der Waals surface area contributed by atoms with Crippen molar-refractivity contribution < 1.29 is 17.6 Å². The number of aryl methyl sites for hydroxylation is 1. The molecule has 0 radical (unpaired) electrons. The smallest absolute Gasteiger partial charge is 0.275 e. The van der Waals surface area contributed by atoms with Gasteiger partial charge >= 0.3 is 0 Å². The van der Waals surface area contributed by atoms with Crippen molar-refractivity contribution in [3.05, 3.63) is 87.6 Å². The number of nitrogens with two attached hydrogens (primary N) is 1. The van der Waals surface area contributed by atoms with E-state index in [-0.39, 0.29) is 22.8 Å². The third kappa shape index (κ3) is 4.78. The Morgan fingerprint density at radius 1 is 1.17 bits per heavy atom. The van der Waals surface area contributed by atoms with E-state index in [0.29, 0.717) is 12.1 Å². The van der Waals surface area contributed by atoms with Crippen molar-refractivity contribution >= 4 is 15.9 Å². The normalized spacial score (nSPS) is 11.3. The molecule has 0 aliphatic carbocycles. The number of hydrogen-bond acceptors (Lipinski definition) is 5. The van der Waals surface area contributed by atoms with E-state index >= 15 is 0 Å². The van der Waals surface area contributed by atoms with Crippen molar-refractivity contribution in [1.29, 1.82) is 0 Å². The number of carbonyl (C=O) groups is 1.